The maximum absolute atomic E-state index is 12.6. The summed E-state index contributed by atoms with van der Waals surface area (Å²) in [4.78, 5) is 24.1. The third-order valence-electron chi connectivity index (χ3n) is 3.41. The lowest BCUT2D eigenvalue weighted by molar-refractivity contribution is -0.140. The van der Waals surface area contributed by atoms with E-state index < -0.39 is 0 Å². The Balaban J connectivity index is 2.14. The van der Waals surface area contributed by atoms with Crippen LogP contribution in [0, 0.1) is 6.92 Å². The first-order valence-corrected chi connectivity index (χ1v) is 7.67. The van der Waals surface area contributed by atoms with Crippen molar-refractivity contribution >= 4 is 17.4 Å². The highest BCUT2D eigenvalue weighted by molar-refractivity contribution is 6.02. The molecule has 0 saturated carbocycles. The van der Waals surface area contributed by atoms with Gasteiger partial charge in [0.1, 0.15) is 6.54 Å². The molecule has 2 aromatic rings. The Bertz CT molecular complexity index is 680. The summed E-state index contributed by atoms with van der Waals surface area (Å²) in [6, 6.07) is 15.2. The summed E-state index contributed by atoms with van der Waals surface area (Å²) in [5, 5.41) is 3.00. The van der Waals surface area contributed by atoms with E-state index in [1.165, 1.54) is 0 Å². The number of carbonyl (C=O) groups is 2. The minimum Gasteiger partial charge on any atom is -0.465 e. The number of nitrogens with one attached hydrogen (secondary N) is 1. The quantitative estimate of drug-likeness (QED) is 0.629. The van der Waals surface area contributed by atoms with Crippen LogP contribution >= 0.6 is 0 Å². The van der Waals surface area contributed by atoms with Gasteiger partial charge < -0.3 is 10.1 Å². The Morgan fingerprint density at radius 1 is 1.09 bits per heavy atom. The summed E-state index contributed by atoms with van der Waals surface area (Å²) in [6.45, 7) is 4.09. The van der Waals surface area contributed by atoms with Gasteiger partial charge in [-0.15, -0.1) is 0 Å². The van der Waals surface area contributed by atoms with E-state index in [1.807, 2.05) is 55.5 Å². The zero-order valence-electron chi connectivity index (χ0n) is 13.5. The van der Waals surface area contributed by atoms with Gasteiger partial charge in [-0.1, -0.05) is 42.0 Å². The summed E-state index contributed by atoms with van der Waals surface area (Å²) < 4.78 is 4.90. The predicted molar refractivity (Wildman–Crippen MR) is 90.8 cm³/mol. The molecule has 4 nitrogen and oxygen atoms in total. The average molecular weight is 311 g/mol. The fourth-order valence-electron chi connectivity index (χ4n) is 2.30. The van der Waals surface area contributed by atoms with Crippen LogP contribution in [0.3, 0.4) is 0 Å². The molecule has 0 saturated heterocycles. The molecule has 0 amide bonds. The molecular formula is C19H21NO3. The van der Waals surface area contributed by atoms with Crippen molar-refractivity contribution in [1.29, 1.82) is 0 Å². The number of hydrogen-bond donors (Lipinski definition) is 1. The number of ketones is 1. The molecule has 2 rings (SSSR count). The van der Waals surface area contributed by atoms with Gasteiger partial charge in [-0.3, -0.25) is 9.59 Å². The van der Waals surface area contributed by atoms with Crippen molar-refractivity contribution < 1.29 is 14.3 Å². The maximum atomic E-state index is 12.6. The Morgan fingerprint density at radius 3 is 2.52 bits per heavy atom. The Kier molecular flexibility index (Phi) is 5.92. The average Bonchev–Trinajstić information content (AvgIpc) is 2.55. The van der Waals surface area contributed by atoms with Gasteiger partial charge in [0.05, 0.1) is 6.61 Å². The molecule has 0 aliphatic heterocycles. The lowest BCUT2D eigenvalue weighted by atomic mass is 10.00. The standard InChI is InChI=1S/C19H21NO3/c1-3-23-19(22)13-20-17-10-9-14(2)11-16(17)18(21)12-15-7-5-4-6-8-15/h4-11,20H,3,12-13H2,1-2H3. The van der Waals surface area contributed by atoms with Crippen molar-refractivity contribution in [3.8, 4) is 0 Å². The first-order valence-electron chi connectivity index (χ1n) is 7.67. The van der Waals surface area contributed by atoms with Crippen LogP contribution in [0.5, 0.6) is 0 Å². The van der Waals surface area contributed by atoms with Gasteiger partial charge in [0.15, 0.2) is 5.78 Å². The fourth-order valence-corrected chi connectivity index (χ4v) is 2.30. The highest BCUT2D eigenvalue weighted by Crippen LogP contribution is 2.20. The second-order valence-electron chi connectivity index (χ2n) is 5.29. The zero-order valence-corrected chi connectivity index (χ0v) is 13.5. The van der Waals surface area contributed by atoms with E-state index in [1.54, 1.807) is 6.92 Å². The van der Waals surface area contributed by atoms with Crippen molar-refractivity contribution in [3.05, 3.63) is 65.2 Å². The first kappa shape index (κ1) is 16.7. The molecule has 0 heterocycles. The van der Waals surface area contributed by atoms with Gasteiger partial charge in [-0.05, 0) is 31.5 Å². The minimum absolute atomic E-state index is 0.0197. The molecule has 0 spiro atoms. The van der Waals surface area contributed by atoms with E-state index in [-0.39, 0.29) is 18.3 Å². The smallest absolute Gasteiger partial charge is 0.325 e. The van der Waals surface area contributed by atoms with Crippen LogP contribution in [-0.4, -0.2) is 24.9 Å². The van der Waals surface area contributed by atoms with Crippen LogP contribution in [0.4, 0.5) is 5.69 Å². The van der Waals surface area contributed by atoms with E-state index in [4.69, 9.17) is 4.74 Å². The van der Waals surface area contributed by atoms with Crippen LogP contribution in [0.25, 0.3) is 0 Å². The molecule has 1 N–H and O–H groups in total. The third kappa shape index (κ3) is 4.95. The molecule has 0 fully saturated rings. The second kappa shape index (κ2) is 8.13. The van der Waals surface area contributed by atoms with Gasteiger partial charge in [0.25, 0.3) is 0 Å². The van der Waals surface area contributed by atoms with Gasteiger partial charge in [0.2, 0.25) is 0 Å². The van der Waals surface area contributed by atoms with Crippen molar-refractivity contribution in [1.82, 2.24) is 0 Å². The molecule has 0 aliphatic rings. The maximum Gasteiger partial charge on any atom is 0.325 e. The lowest BCUT2D eigenvalue weighted by Gasteiger charge is -2.12. The van der Waals surface area contributed by atoms with Crippen molar-refractivity contribution in [2.45, 2.75) is 20.3 Å². The van der Waals surface area contributed by atoms with Crippen LogP contribution < -0.4 is 5.32 Å². The monoisotopic (exact) mass is 311 g/mol. The molecule has 23 heavy (non-hydrogen) atoms. The molecule has 120 valence electrons. The molecule has 0 aliphatic carbocycles. The molecule has 0 bridgehead atoms. The van der Waals surface area contributed by atoms with E-state index in [2.05, 4.69) is 5.32 Å². The van der Waals surface area contributed by atoms with Crippen molar-refractivity contribution in [2.24, 2.45) is 0 Å². The zero-order chi connectivity index (χ0) is 16.7. The summed E-state index contributed by atoms with van der Waals surface area (Å²) in [6.07, 6.45) is 0.332. The number of rotatable bonds is 7. The second-order valence-corrected chi connectivity index (χ2v) is 5.29. The first-order chi connectivity index (χ1) is 11.1. The molecule has 4 heteroatoms. The number of aryl methyl sites for hydroxylation is 1. The number of benzene rings is 2. The van der Waals surface area contributed by atoms with Gasteiger partial charge in [0, 0.05) is 17.7 Å². The summed E-state index contributed by atoms with van der Waals surface area (Å²) in [7, 11) is 0. The Labute approximate surface area is 136 Å². The molecule has 0 atom stereocenters. The third-order valence-corrected chi connectivity index (χ3v) is 3.41. The van der Waals surface area contributed by atoms with Crippen molar-refractivity contribution in [2.75, 3.05) is 18.5 Å². The highest BCUT2D eigenvalue weighted by Gasteiger charge is 2.13. The molecular weight excluding hydrogens is 290 g/mol. The van der Waals surface area contributed by atoms with Gasteiger partial charge >= 0.3 is 5.97 Å². The number of anilines is 1. The van der Waals surface area contributed by atoms with E-state index in [0.29, 0.717) is 24.3 Å². The number of hydrogen-bond acceptors (Lipinski definition) is 4. The molecule has 0 radical (unpaired) electrons. The summed E-state index contributed by atoms with van der Waals surface area (Å²) >= 11 is 0. The van der Waals surface area contributed by atoms with Crippen LogP contribution in [-0.2, 0) is 16.0 Å². The van der Waals surface area contributed by atoms with E-state index in [0.717, 1.165) is 11.1 Å². The predicted octanol–water partition coefficient (Wildman–Crippen LogP) is 3.40. The SMILES string of the molecule is CCOC(=O)CNc1ccc(C)cc1C(=O)Cc1ccccc1. The lowest BCUT2D eigenvalue weighted by Crippen LogP contribution is -2.18. The molecule has 0 unspecified atom stereocenters. The number of carbonyl (C=O) groups excluding carboxylic acids is 2. The van der Waals surface area contributed by atoms with Crippen LogP contribution in [0.2, 0.25) is 0 Å². The van der Waals surface area contributed by atoms with E-state index >= 15 is 0 Å². The fraction of sp³-hybridized carbons (Fsp3) is 0.263. The summed E-state index contributed by atoms with van der Waals surface area (Å²) in [5.41, 5.74) is 3.22. The normalized spacial score (nSPS) is 10.2. The Hall–Kier alpha value is -2.62. The molecule has 0 aromatic heterocycles. The number of ether oxygens (including phenoxy) is 1. The number of Topliss-reactive ketones (excluding diaryl/α,β-unsaturated/α-hetero) is 1. The van der Waals surface area contributed by atoms with E-state index in [9.17, 15) is 9.59 Å². The molecule has 2 aromatic carbocycles. The van der Waals surface area contributed by atoms with Crippen molar-refractivity contribution in [3.63, 3.8) is 0 Å². The van der Waals surface area contributed by atoms with Crippen LogP contribution in [0.15, 0.2) is 48.5 Å². The van der Waals surface area contributed by atoms with Gasteiger partial charge in [-0.2, -0.15) is 0 Å². The largest absolute Gasteiger partial charge is 0.465 e. The summed E-state index contributed by atoms with van der Waals surface area (Å²) in [5.74, 6) is -0.319. The minimum atomic E-state index is -0.338. The number of esters is 1. The van der Waals surface area contributed by atoms with Crippen LogP contribution in [0.1, 0.15) is 28.4 Å². The topological polar surface area (TPSA) is 55.4 Å². The Morgan fingerprint density at radius 2 is 1.83 bits per heavy atom. The van der Waals surface area contributed by atoms with Gasteiger partial charge in [-0.25, -0.2) is 0 Å². The highest BCUT2D eigenvalue weighted by atomic mass is 16.5.